The second-order valence-corrected chi connectivity index (χ2v) is 5.67. The number of imide groups is 1. The number of benzene rings is 2. The number of halogens is 1. The van der Waals surface area contributed by atoms with Crippen LogP contribution >= 0.6 is 11.6 Å². The summed E-state index contributed by atoms with van der Waals surface area (Å²) >= 11 is 5.96. The van der Waals surface area contributed by atoms with E-state index < -0.39 is 11.8 Å². The summed E-state index contributed by atoms with van der Waals surface area (Å²) in [6, 6.07) is 12.8. The molecular weight excluding hydrogens is 328 g/mol. The lowest BCUT2D eigenvalue weighted by atomic mass is 10.0. The molecule has 0 atom stereocenters. The smallest absolute Gasteiger partial charge is 0.269 e. The third kappa shape index (κ3) is 2.43. The van der Waals surface area contributed by atoms with Crippen molar-refractivity contribution in [2.45, 2.75) is 6.92 Å². The standard InChI is InChI=1S/C18H11ClN2O3/c1-10(22)21-15-8-13(19)6-7-14(15)16(18(21)24)17(23)12-4-2-11(9-20)3-5-12/h2-8,23H,1H3. The van der Waals surface area contributed by atoms with Crippen molar-refractivity contribution in [2.24, 2.45) is 0 Å². The van der Waals surface area contributed by atoms with Crippen LogP contribution in [0.4, 0.5) is 5.69 Å². The summed E-state index contributed by atoms with van der Waals surface area (Å²) in [5, 5.41) is 19.8. The second-order valence-electron chi connectivity index (χ2n) is 5.23. The van der Waals surface area contributed by atoms with Crippen LogP contribution in [-0.4, -0.2) is 16.9 Å². The molecule has 0 saturated heterocycles. The van der Waals surface area contributed by atoms with Gasteiger partial charge in [0.25, 0.3) is 5.91 Å². The molecule has 6 heteroatoms. The van der Waals surface area contributed by atoms with Crippen molar-refractivity contribution < 1.29 is 14.7 Å². The maximum atomic E-state index is 12.6. The van der Waals surface area contributed by atoms with E-state index in [1.165, 1.54) is 25.1 Å². The van der Waals surface area contributed by atoms with Gasteiger partial charge in [-0.2, -0.15) is 5.26 Å². The molecule has 0 aromatic heterocycles. The molecular formula is C18H11ClN2O3. The predicted molar refractivity (Wildman–Crippen MR) is 90.2 cm³/mol. The number of rotatable bonds is 1. The van der Waals surface area contributed by atoms with Gasteiger partial charge < -0.3 is 5.11 Å². The lowest BCUT2D eigenvalue weighted by Gasteiger charge is -2.12. The average molecular weight is 339 g/mol. The summed E-state index contributed by atoms with van der Waals surface area (Å²) in [7, 11) is 0. The topological polar surface area (TPSA) is 81.4 Å². The summed E-state index contributed by atoms with van der Waals surface area (Å²) in [6.45, 7) is 1.27. The molecule has 1 aliphatic rings. The van der Waals surface area contributed by atoms with Gasteiger partial charge >= 0.3 is 0 Å². The van der Waals surface area contributed by atoms with Gasteiger partial charge in [0.05, 0.1) is 22.9 Å². The summed E-state index contributed by atoms with van der Waals surface area (Å²) in [4.78, 5) is 25.5. The first kappa shape index (κ1) is 15.8. The van der Waals surface area contributed by atoms with Gasteiger partial charge in [-0.1, -0.05) is 17.7 Å². The number of carbonyl (C=O) groups excluding carboxylic acids is 2. The normalized spacial score (nSPS) is 15.0. The molecule has 0 radical (unpaired) electrons. The van der Waals surface area contributed by atoms with E-state index in [-0.39, 0.29) is 11.3 Å². The molecule has 0 spiro atoms. The van der Waals surface area contributed by atoms with Crippen LogP contribution < -0.4 is 4.90 Å². The fourth-order valence-electron chi connectivity index (χ4n) is 2.63. The largest absolute Gasteiger partial charge is 0.506 e. The highest BCUT2D eigenvalue weighted by molar-refractivity contribution is 6.43. The maximum absolute atomic E-state index is 12.6. The van der Waals surface area contributed by atoms with E-state index >= 15 is 0 Å². The number of anilines is 1. The predicted octanol–water partition coefficient (Wildman–Crippen LogP) is 3.53. The Balaban J connectivity index is 2.22. The summed E-state index contributed by atoms with van der Waals surface area (Å²) in [5.41, 5.74) is 1.62. The molecule has 1 aliphatic heterocycles. The summed E-state index contributed by atoms with van der Waals surface area (Å²) in [6.07, 6.45) is 0. The van der Waals surface area contributed by atoms with E-state index in [4.69, 9.17) is 16.9 Å². The number of hydrogen-bond donors (Lipinski definition) is 1. The Morgan fingerprint density at radius 1 is 1.21 bits per heavy atom. The highest BCUT2D eigenvalue weighted by atomic mass is 35.5. The number of fused-ring (bicyclic) bond motifs is 1. The van der Waals surface area contributed by atoms with Crippen molar-refractivity contribution in [3.05, 3.63) is 64.2 Å². The number of aliphatic hydroxyl groups excluding tert-OH is 1. The number of hydrogen-bond acceptors (Lipinski definition) is 4. The minimum absolute atomic E-state index is 0.0292. The van der Waals surface area contributed by atoms with Crippen LogP contribution in [0.15, 0.2) is 42.5 Å². The van der Waals surface area contributed by atoms with E-state index in [2.05, 4.69) is 0 Å². The first-order valence-corrected chi connectivity index (χ1v) is 7.40. The fourth-order valence-corrected chi connectivity index (χ4v) is 2.79. The number of nitrogens with zero attached hydrogens (tertiary/aromatic N) is 2. The Kier molecular flexibility index (Phi) is 3.84. The van der Waals surface area contributed by atoms with Gasteiger partial charge in [-0.05, 0) is 36.4 Å². The molecule has 3 rings (SSSR count). The highest BCUT2D eigenvalue weighted by Crippen LogP contribution is 2.41. The van der Waals surface area contributed by atoms with Crippen LogP contribution in [-0.2, 0) is 9.59 Å². The van der Waals surface area contributed by atoms with Crippen LogP contribution in [0.25, 0.3) is 11.3 Å². The molecule has 0 unspecified atom stereocenters. The third-order valence-corrected chi connectivity index (χ3v) is 3.96. The quantitative estimate of drug-likeness (QED) is 0.637. The van der Waals surface area contributed by atoms with E-state index in [0.29, 0.717) is 27.4 Å². The molecule has 2 amide bonds. The van der Waals surface area contributed by atoms with Crippen LogP contribution in [0.1, 0.15) is 23.6 Å². The zero-order chi connectivity index (χ0) is 17.4. The SMILES string of the molecule is CC(=O)N1C(=O)C(=C(O)c2ccc(C#N)cc2)c2ccc(Cl)cc21. The van der Waals surface area contributed by atoms with Crippen molar-refractivity contribution in [3.63, 3.8) is 0 Å². The lowest BCUT2D eigenvalue weighted by Crippen LogP contribution is -2.31. The van der Waals surface area contributed by atoms with Crippen molar-refractivity contribution in [2.75, 3.05) is 4.90 Å². The van der Waals surface area contributed by atoms with Crippen molar-refractivity contribution in [1.82, 2.24) is 0 Å². The Morgan fingerprint density at radius 3 is 2.46 bits per heavy atom. The van der Waals surface area contributed by atoms with E-state index in [9.17, 15) is 14.7 Å². The maximum Gasteiger partial charge on any atom is 0.269 e. The molecule has 118 valence electrons. The van der Waals surface area contributed by atoms with Crippen molar-refractivity contribution >= 4 is 40.4 Å². The van der Waals surface area contributed by atoms with Crippen LogP contribution in [0.2, 0.25) is 5.02 Å². The average Bonchev–Trinajstić information content (AvgIpc) is 2.85. The number of carbonyl (C=O) groups is 2. The molecule has 2 aromatic rings. The van der Waals surface area contributed by atoms with Gasteiger partial charge in [0.1, 0.15) is 5.76 Å². The molecule has 0 aliphatic carbocycles. The number of nitriles is 1. The lowest BCUT2D eigenvalue weighted by molar-refractivity contribution is -0.122. The Bertz CT molecular complexity index is 940. The van der Waals surface area contributed by atoms with Gasteiger partial charge in [-0.3, -0.25) is 9.59 Å². The van der Waals surface area contributed by atoms with Gasteiger partial charge in [-0.15, -0.1) is 0 Å². The summed E-state index contributed by atoms with van der Waals surface area (Å²) < 4.78 is 0. The Morgan fingerprint density at radius 2 is 1.88 bits per heavy atom. The third-order valence-electron chi connectivity index (χ3n) is 3.73. The Hall–Kier alpha value is -3.10. The number of aliphatic hydroxyl groups is 1. The zero-order valence-electron chi connectivity index (χ0n) is 12.6. The first-order chi connectivity index (χ1) is 11.4. The molecule has 24 heavy (non-hydrogen) atoms. The second kappa shape index (κ2) is 5.84. The summed E-state index contributed by atoms with van der Waals surface area (Å²) in [5.74, 6) is -1.33. The van der Waals surface area contributed by atoms with Crippen LogP contribution in [0.5, 0.6) is 0 Å². The van der Waals surface area contributed by atoms with Crippen molar-refractivity contribution in [1.29, 1.82) is 5.26 Å². The highest BCUT2D eigenvalue weighted by Gasteiger charge is 2.37. The fraction of sp³-hybridized carbons (Fsp3) is 0.0556. The van der Waals surface area contributed by atoms with E-state index in [0.717, 1.165) is 4.90 Å². The number of amides is 2. The van der Waals surface area contributed by atoms with E-state index in [1.54, 1.807) is 24.3 Å². The first-order valence-electron chi connectivity index (χ1n) is 7.02. The van der Waals surface area contributed by atoms with Gasteiger partial charge in [-0.25, -0.2) is 4.90 Å². The van der Waals surface area contributed by atoms with Gasteiger partial charge in [0, 0.05) is 23.1 Å². The van der Waals surface area contributed by atoms with Crippen LogP contribution in [0, 0.1) is 11.3 Å². The van der Waals surface area contributed by atoms with E-state index in [1.807, 2.05) is 6.07 Å². The monoisotopic (exact) mass is 338 g/mol. The molecule has 1 heterocycles. The Labute approximate surface area is 143 Å². The van der Waals surface area contributed by atoms with Gasteiger partial charge in [0.2, 0.25) is 5.91 Å². The molecule has 0 saturated carbocycles. The minimum atomic E-state index is -0.610. The molecule has 1 N–H and O–H groups in total. The molecule has 2 aromatic carbocycles. The molecule has 5 nitrogen and oxygen atoms in total. The minimum Gasteiger partial charge on any atom is -0.506 e. The van der Waals surface area contributed by atoms with Crippen LogP contribution in [0.3, 0.4) is 0 Å². The van der Waals surface area contributed by atoms with Crippen molar-refractivity contribution in [3.8, 4) is 6.07 Å². The van der Waals surface area contributed by atoms with Gasteiger partial charge in [0.15, 0.2) is 0 Å². The molecule has 0 fully saturated rings. The molecule has 0 bridgehead atoms. The zero-order valence-corrected chi connectivity index (χ0v) is 13.3.